The van der Waals surface area contributed by atoms with Crippen LogP contribution in [0.5, 0.6) is 23.0 Å². The highest BCUT2D eigenvalue weighted by Gasteiger charge is 2.36. The Labute approximate surface area is 177 Å². The monoisotopic (exact) mass is 463 g/mol. The summed E-state index contributed by atoms with van der Waals surface area (Å²) in [4.78, 5) is 14.5. The molecule has 0 aromatic heterocycles. The van der Waals surface area contributed by atoms with Crippen LogP contribution < -0.4 is 18.9 Å². The topological polar surface area (TPSA) is 66.5 Å². The van der Waals surface area contributed by atoms with Crippen LogP contribution in [-0.2, 0) is 11.2 Å². The van der Waals surface area contributed by atoms with Gasteiger partial charge in [0.25, 0.3) is 0 Å². The van der Waals surface area contributed by atoms with Gasteiger partial charge in [-0.15, -0.1) is 0 Å². The number of amides is 1. The molecule has 154 valence electrons. The van der Waals surface area contributed by atoms with Gasteiger partial charge in [-0.05, 0) is 54.3 Å². The van der Waals surface area contributed by atoms with Crippen molar-refractivity contribution >= 4 is 22.0 Å². The maximum absolute atomic E-state index is 12.8. The molecule has 1 unspecified atom stereocenters. The van der Waals surface area contributed by atoms with E-state index in [9.17, 15) is 4.79 Å². The average Bonchev–Trinajstić information content (AvgIpc) is 3.18. The summed E-state index contributed by atoms with van der Waals surface area (Å²) in [6.07, 6.45) is 0.329. The van der Waals surface area contributed by atoms with Crippen molar-refractivity contribution in [3.05, 3.63) is 45.4 Å². The molecule has 0 N–H and O–H groups in total. The molecule has 0 saturated carbocycles. The Balaban J connectivity index is 1.88. The van der Waals surface area contributed by atoms with Crippen LogP contribution in [0, 0.1) is 0 Å². The predicted octanol–water partition coefficient (Wildman–Crippen LogP) is 4.30. The molecule has 8 heteroatoms. The van der Waals surface area contributed by atoms with Gasteiger partial charge in [-0.25, -0.2) is 4.79 Å². The summed E-state index contributed by atoms with van der Waals surface area (Å²) in [7, 11) is 3.21. The van der Waals surface area contributed by atoms with Crippen molar-refractivity contribution in [1.82, 2.24) is 4.90 Å². The molecule has 7 nitrogen and oxygen atoms in total. The Kier molecular flexibility index (Phi) is 5.45. The van der Waals surface area contributed by atoms with Crippen molar-refractivity contribution in [3.63, 3.8) is 0 Å². The summed E-state index contributed by atoms with van der Waals surface area (Å²) in [5, 5.41) is 0. The summed E-state index contributed by atoms with van der Waals surface area (Å²) in [6, 6.07) is 7.32. The Morgan fingerprint density at radius 2 is 1.79 bits per heavy atom. The Morgan fingerprint density at radius 1 is 1.10 bits per heavy atom. The highest BCUT2D eigenvalue weighted by molar-refractivity contribution is 9.10. The largest absolute Gasteiger partial charge is 0.493 e. The molecule has 0 aliphatic carbocycles. The van der Waals surface area contributed by atoms with Gasteiger partial charge in [0.2, 0.25) is 6.79 Å². The summed E-state index contributed by atoms with van der Waals surface area (Å²) in [5.41, 5.74) is 2.94. The van der Waals surface area contributed by atoms with Crippen LogP contribution >= 0.6 is 15.9 Å². The fraction of sp³-hybridized carbons (Fsp3) is 0.381. The lowest BCUT2D eigenvalue weighted by molar-refractivity contribution is 0.0935. The highest BCUT2D eigenvalue weighted by atomic mass is 79.9. The molecule has 0 spiro atoms. The summed E-state index contributed by atoms with van der Waals surface area (Å²) in [6.45, 7) is 2.81. The highest BCUT2D eigenvalue weighted by Crippen LogP contribution is 2.46. The van der Waals surface area contributed by atoms with Crippen LogP contribution in [0.4, 0.5) is 4.79 Å². The van der Waals surface area contributed by atoms with Crippen molar-refractivity contribution in [3.8, 4) is 23.0 Å². The van der Waals surface area contributed by atoms with E-state index in [0.717, 1.165) is 21.2 Å². The molecule has 1 amide bonds. The van der Waals surface area contributed by atoms with Gasteiger partial charge in [-0.3, -0.25) is 4.90 Å². The molecule has 2 aliphatic heterocycles. The van der Waals surface area contributed by atoms with Gasteiger partial charge >= 0.3 is 6.09 Å². The molecular formula is C21H22BrNO6. The van der Waals surface area contributed by atoms with Gasteiger partial charge in [0.05, 0.1) is 26.9 Å². The first-order chi connectivity index (χ1) is 14.1. The molecular weight excluding hydrogens is 442 g/mol. The second kappa shape index (κ2) is 8.02. The second-order valence-electron chi connectivity index (χ2n) is 6.68. The molecule has 29 heavy (non-hydrogen) atoms. The van der Waals surface area contributed by atoms with E-state index in [4.69, 9.17) is 23.7 Å². The molecule has 2 aromatic rings. The molecule has 0 radical (unpaired) electrons. The lowest BCUT2D eigenvalue weighted by Gasteiger charge is -2.37. The first kappa shape index (κ1) is 19.7. The van der Waals surface area contributed by atoms with Crippen molar-refractivity contribution in [2.45, 2.75) is 19.4 Å². The minimum atomic E-state index is -0.374. The minimum Gasteiger partial charge on any atom is -0.493 e. The van der Waals surface area contributed by atoms with Crippen molar-refractivity contribution < 1.29 is 28.5 Å². The number of benzene rings is 2. The number of carbonyl (C=O) groups excluding carboxylic acids is 1. The fourth-order valence-electron chi connectivity index (χ4n) is 3.83. The first-order valence-electron chi connectivity index (χ1n) is 9.34. The van der Waals surface area contributed by atoms with E-state index in [1.54, 1.807) is 26.0 Å². The van der Waals surface area contributed by atoms with Crippen LogP contribution in [0.1, 0.15) is 29.7 Å². The van der Waals surface area contributed by atoms with Crippen LogP contribution in [0.3, 0.4) is 0 Å². The van der Waals surface area contributed by atoms with E-state index < -0.39 is 0 Å². The lowest BCUT2D eigenvalue weighted by atomic mass is 9.87. The van der Waals surface area contributed by atoms with Crippen LogP contribution in [-0.4, -0.2) is 45.2 Å². The first-order valence-corrected chi connectivity index (χ1v) is 10.1. The second-order valence-corrected chi connectivity index (χ2v) is 7.53. The summed E-state index contributed by atoms with van der Waals surface area (Å²) >= 11 is 3.65. The van der Waals surface area contributed by atoms with Crippen LogP contribution in [0.25, 0.3) is 0 Å². The Hall–Kier alpha value is -2.61. The molecule has 2 aliphatic rings. The average molecular weight is 464 g/mol. The van der Waals surface area contributed by atoms with E-state index in [2.05, 4.69) is 15.9 Å². The molecule has 0 saturated heterocycles. The van der Waals surface area contributed by atoms with E-state index in [0.29, 0.717) is 42.6 Å². The zero-order chi connectivity index (χ0) is 20.5. The number of ether oxygens (including phenoxy) is 5. The van der Waals surface area contributed by atoms with Crippen LogP contribution in [0.15, 0.2) is 28.7 Å². The van der Waals surface area contributed by atoms with Crippen molar-refractivity contribution in [2.75, 3.05) is 34.2 Å². The smallest absolute Gasteiger partial charge is 0.410 e. The number of nitrogens with zero attached hydrogens (tertiary/aromatic N) is 1. The Morgan fingerprint density at radius 3 is 2.48 bits per heavy atom. The number of hydrogen-bond acceptors (Lipinski definition) is 6. The maximum atomic E-state index is 12.8. The maximum Gasteiger partial charge on any atom is 0.410 e. The number of carbonyl (C=O) groups is 1. The van der Waals surface area contributed by atoms with Gasteiger partial charge in [-0.2, -0.15) is 0 Å². The fourth-order valence-corrected chi connectivity index (χ4v) is 4.37. The van der Waals surface area contributed by atoms with E-state index in [-0.39, 0.29) is 18.9 Å². The zero-order valence-corrected chi connectivity index (χ0v) is 18.1. The third kappa shape index (κ3) is 3.46. The van der Waals surface area contributed by atoms with Crippen LogP contribution in [0.2, 0.25) is 0 Å². The Bertz CT molecular complexity index is 947. The number of fused-ring (bicyclic) bond motifs is 2. The predicted molar refractivity (Wildman–Crippen MR) is 109 cm³/mol. The molecule has 2 heterocycles. The third-order valence-corrected chi connectivity index (χ3v) is 5.85. The van der Waals surface area contributed by atoms with Crippen molar-refractivity contribution in [2.24, 2.45) is 0 Å². The standard InChI is InChI=1S/C21H22BrNO6/c1-4-27-21(24)23-6-5-12-7-16(25-2)17(26-3)8-13(12)20(23)14-9-18-19(10-15(14)22)29-11-28-18/h7-10,20H,4-6,11H2,1-3H3. The quantitative estimate of drug-likeness (QED) is 0.673. The van der Waals surface area contributed by atoms with Gasteiger partial charge in [0.15, 0.2) is 23.0 Å². The molecule has 2 aromatic carbocycles. The third-order valence-electron chi connectivity index (χ3n) is 5.16. The normalized spacial score (nSPS) is 17.0. The number of hydrogen-bond donors (Lipinski definition) is 0. The SMILES string of the molecule is CCOC(=O)N1CCc2cc(OC)c(OC)cc2C1c1cc2c(cc1Br)OCO2. The van der Waals surface area contributed by atoms with Gasteiger partial charge in [-0.1, -0.05) is 15.9 Å². The zero-order valence-electron chi connectivity index (χ0n) is 16.5. The van der Waals surface area contributed by atoms with Crippen molar-refractivity contribution in [1.29, 1.82) is 0 Å². The molecule has 0 fully saturated rings. The molecule has 4 rings (SSSR count). The van der Waals surface area contributed by atoms with Gasteiger partial charge < -0.3 is 23.7 Å². The number of methoxy groups -OCH3 is 2. The van der Waals surface area contributed by atoms with Gasteiger partial charge in [0.1, 0.15) is 0 Å². The molecule has 1 atom stereocenters. The summed E-state index contributed by atoms with van der Waals surface area (Å²) < 4.78 is 28.2. The van der Waals surface area contributed by atoms with E-state index >= 15 is 0 Å². The lowest BCUT2D eigenvalue weighted by Crippen LogP contribution is -2.41. The number of halogens is 1. The van der Waals surface area contributed by atoms with Gasteiger partial charge in [0, 0.05) is 11.0 Å². The van der Waals surface area contributed by atoms with E-state index in [1.165, 1.54) is 0 Å². The minimum absolute atomic E-state index is 0.180. The molecule has 0 bridgehead atoms. The summed E-state index contributed by atoms with van der Waals surface area (Å²) in [5.74, 6) is 2.60. The number of rotatable bonds is 4. The van der Waals surface area contributed by atoms with E-state index in [1.807, 2.05) is 24.3 Å².